The fourth-order valence-corrected chi connectivity index (χ4v) is 3.36. The summed E-state index contributed by atoms with van der Waals surface area (Å²) in [5, 5.41) is 4.83. The van der Waals surface area contributed by atoms with Crippen LogP contribution in [0.1, 0.15) is 5.56 Å². The summed E-state index contributed by atoms with van der Waals surface area (Å²) in [4.78, 5) is 28.4. The molecule has 1 heterocycles. The second-order valence-electron chi connectivity index (χ2n) is 7.31. The smallest absolute Gasteiger partial charge is 0.416 e. The van der Waals surface area contributed by atoms with Crippen molar-refractivity contribution in [3.63, 3.8) is 0 Å². The van der Waals surface area contributed by atoms with Gasteiger partial charge in [0.15, 0.2) is 0 Å². The van der Waals surface area contributed by atoms with Crippen molar-refractivity contribution in [1.82, 2.24) is 10.2 Å². The number of methoxy groups -OCH3 is 1. The van der Waals surface area contributed by atoms with Crippen LogP contribution in [-0.4, -0.2) is 63.1 Å². The predicted octanol–water partition coefficient (Wildman–Crippen LogP) is 2.59. The first-order chi connectivity index (χ1) is 15.3. The van der Waals surface area contributed by atoms with Gasteiger partial charge in [-0.15, -0.1) is 0 Å². The Morgan fingerprint density at radius 3 is 2.12 bits per heavy atom. The lowest BCUT2D eigenvalue weighted by Crippen LogP contribution is -2.49. The van der Waals surface area contributed by atoms with Gasteiger partial charge in [0.05, 0.1) is 12.7 Å². The molecule has 0 saturated carbocycles. The highest BCUT2D eigenvalue weighted by molar-refractivity contribution is 6.39. The van der Waals surface area contributed by atoms with Gasteiger partial charge in [-0.25, -0.2) is 0 Å². The van der Waals surface area contributed by atoms with Crippen LogP contribution < -0.4 is 20.3 Å². The summed E-state index contributed by atoms with van der Waals surface area (Å²) in [6.45, 7) is 4.21. The van der Waals surface area contributed by atoms with Crippen LogP contribution in [-0.2, 0) is 15.8 Å². The van der Waals surface area contributed by atoms with E-state index in [1.807, 2.05) is 24.3 Å². The lowest BCUT2D eigenvalue weighted by atomic mass is 10.2. The number of hydrogen-bond donors (Lipinski definition) is 2. The predicted molar refractivity (Wildman–Crippen MR) is 115 cm³/mol. The van der Waals surface area contributed by atoms with Crippen LogP contribution in [0, 0.1) is 0 Å². The first kappa shape index (κ1) is 23.4. The van der Waals surface area contributed by atoms with Crippen molar-refractivity contribution in [1.29, 1.82) is 0 Å². The van der Waals surface area contributed by atoms with Crippen molar-refractivity contribution in [3.8, 4) is 5.75 Å². The molecule has 1 fully saturated rings. The number of ether oxygens (including phenoxy) is 1. The summed E-state index contributed by atoms with van der Waals surface area (Å²) in [5.74, 6) is -0.943. The maximum Gasteiger partial charge on any atom is 0.416 e. The fourth-order valence-electron chi connectivity index (χ4n) is 3.36. The number of piperazine rings is 1. The number of carbonyl (C=O) groups is 2. The molecule has 2 aromatic rings. The van der Waals surface area contributed by atoms with Gasteiger partial charge in [-0.3, -0.25) is 14.5 Å². The standard InChI is InChI=1S/C22H25F3N4O3/c1-32-19-8-6-18(7-9-19)29-14-12-28(13-15-29)11-10-26-20(30)21(31)27-17-4-2-16(3-5-17)22(23,24)25/h2-9H,10-15H2,1H3,(H,26,30)(H,27,31). The Bertz CT molecular complexity index is 910. The van der Waals surface area contributed by atoms with Gasteiger partial charge in [-0.1, -0.05) is 0 Å². The molecule has 3 rings (SSSR count). The molecule has 0 bridgehead atoms. The monoisotopic (exact) mass is 450 g/mol. The Morgan fingerprint density at radius 2 is 1.56 bits per heavy atom. The summed E-state index contributed by atoms with van der Waals surface area (Å²) in [7, 11) is 1.63. The third-order valence-corrected chi connectivity index (χ3v) is 5.20. The molecule has 2 N–H and O–H groups in total. The second-order valence-corrected chi connectivity index (χ2v) is 7.31. The van der Waals surface area contributed by atoms with Crippen molar-refractivity contribution in [2.24, 2.45) is 0 Å². The molecular weight excluding hydrogens is 425 g/mol. The van der Waals surface area contributed by atoms with E-state index in [9.17, 15) is 22.8 Å². The Morgan fingerprint density at radius 1 is 0.938 bits per heavy atom. The van der Waals surface area contributed by atoms with E-state index in [0.29, 0.717) is 13.1 Å². The van der Waals surface area contributed by atoms with Gasteiger partial charge < -0.3 is 20.3 Å². The number of amides is 2. The lowest BCUT2D eigenvalue weighted by Gasteiger charge is -2.36. The highest BCUT2D eigenvalue weighted by Crippen LogP contribution is 2.29. The Balaban J connectivity index is 1.37. The minimum absolute atomic E-state index is 0.118. The number of alkyl halides is 3. The maximum atomic E-state index is 12.6. The molecule has 0 atom stereocenters. The van der Waals surface area contributed by atoms with Crippen LogP contribution in [0.3, 0.4) is 0 Å². The quantitative estimate of drug-likeness (QED) is 0.662. The van der Waals surface area contributed by atoms with E-state index in [0.717, 1.165) is 61.9 Å². The minimum atomic E-state index is -4.46. The summed E-state index contributed by atoms with van der Waals surface area (Å²) in [5.41, 5.74) is 0.415. The van der Waals surface area contributed by atoms with Crippen LogP contribution in [0.5, 0.6) is 5.75 Å². The van der Waals surface area contributed by atoms with Gasteiger partial charge in [0.2, 0.25) is 0 Å². The van der Waals surface area contributed by atoms with Crippen LogP contribution in [0.4, 0.5) is 24.5 Å². The first-order valence-electron chi connectivity index (χ1n) is 10.1. The summed E-state index contributed by atoms with van der Waals surface area (Å²) >= 11 is 0. The third kappa shape index (κ3) is 6.36. The molecule has 10 heteroatoms. The topological polar surface area (TPSA) is 73.9 Å². The average Bonchev–Trinajstić information content (AvgIpc) is 2.79. The van der Waals surface area contributed by atoms with E-state index in [2.05, 4.69) is 20.4 Å². The van der Waals surface area contributed by atoms with Gasteiger partial charge in [-0.05, 0) is 48.5 Å². The molecule has 0 radical (unpaired) electrons. The number of nitrogens with one attached hydrogen (secondary N) is 2. The van der Waals surface area contributed by atoms with Crippen LogP contribution in [0.15, 0.2) is 48.5 Å². The highest BCUT2D eigenvalue weighted by atomic mass is 19.4. The molecule has 0 aromatic heterocycles. The molecule has 0 unspecified atom stereocenters. The zero-order chi connectivity index (χ0) is 23.1. The molecule has 2 amide bonds. The fraction of sp³-hybridized carbons (Fsp3) is 0.364. The van der Waals surface area contributed by atoms with Crippen molar-refractivity contribution in [2.75, 3.05) is 56.6 Å². The molecule has 0 aliphatic carbocycles. The number of benzene rings is 2. The third-order valence-electron chi connectivity index (χ3n) is 5.20. The number of nitrogens with zero attached hydrogens (tertiary/aromatic N) is 2. The molecule has 172 valence electrons. The number of hydrogen-bond acceptors (Lipinski definition) is 5. The highest BCUT2D eigenvalue weighted by Gasteiger charge is 2.30. The van der Waals surface area contributed by atoms with E-state index in [-0.39, 0.29) is 5.69 Å². The minimum Gasteiger partial charge on any atom is -0.497 e. The van der Waals surface area contributed by atoms with Crippen molar-refractivity contribution in [2.45, 2.75) is 6.18 Å². The van der Waals surface area contributed by atoms with Crippen LogP contribution >= 0.6 is 0 Å². The van der Waals surface area contributed by atoms with E-state index >= 15 is 0 Å². The molecule has 1 aliphatic rings. The SMILES string of the molecule is COc1ccc(N2CCN(CCNC(=O)C(=O)Nc3ccc(C(F)(F)F)cc3)CC2)cc1. The van der Waals surface area contributed by atoms with Gasteiger partial charge >= 0.3 is 18.0 Å². The molecular formula is C22H25F3N4O3. The number of rotatable bonds is 6. The number of carbonyl (C=O) groups excluding carboxylic acids is 2. The molecule has 32 heavy (non-hydrogen) atoms. The lowest BCUT2D eigenvalue weighted by molar-refractivity contribution is -0.137. The van der Waals surface area contributed by atoms with Gasteiger partial charge in [0, 0.05) is 50.6 Å². The largest absolute Gasteiger partial charge is 0.497 e. The Hall–Kier alpha value is -3.27. The maximum absolute atomic E-state index is 12.6. The summed E-state index contributed by atoms with van der Waals surface area (Å²) in [6, 6.07) is 11.8. The van der Waals surface area contributed by atoms with Crippen LogP contribution in [0.2, 0.25) is 0 Å². The molecule has 1 saturated heterocycles. The zero-order valence-corrected chi connectivity index (χ0v) is 17.6. The number of halogens is 3. The summed E-state index contributed by atoms with van der Waals surface area (Å²) in [6.07, 6.45) is -4.46. The second kappa shape index (κ2) is 10.4. The van der Waals surface area contributed by atoms with Crippen LogP contribution in [0.25, 0.3) is 0 Å². The first-order valence-corrected chi connectivity index (χ1v) is 10.1. The number of anilines is 2. The van der Waals surface area contributed by atoms with Gasteiger partial charge in [0.1, 0.15) is 5.75 Å². The zero-order valence-electron chi connectivity index (χ0n) is 17.6. The van der Waals surface area contributed by atoms with Gasteiger partial charge in [0.25, 0.3) is 0 Å². The van der Waals surface area contributed by atoms with E-state index in [1.165, 1.54) is 0 Å². The molecule has 2 aromatic carbocycles. The van der Waals surface area contributed by atoms with E-state index < -0.39 is 23.6 Å². The van der Waals surface area contributed by atoms with E-state index in [1.54, 1.807) is 7.11 Å². The Labute approximate surface area is 184 Å². The molecule has 0 spiro atoms. The average molecular weight is 450 g/mol. The van der Waals surface area contributed by atoms with Crippen molar-refractivity contribution >= 4 is 23.2 Å². The Kier molecular flexibility index (Phi) is 7.57. The molecule has 1 aliphatic heterocycles. The van der Waals surface area contributed by atoms with Crippen molar-refractivity contribution in [3.05, 3.63) is 54.1 Å². The normalized spacial score (nSPS) is 14.7. The van der Waals surface area contributed by atoms with Crippen molar-refractivity contribution < 1.29 is 27.5 Å². The van der Waals surface area contributed by atoms with E-state index in [4.69, 9.17) is 4.74 Å². The summed E-state index contributed by atoms with van der Waals surface area (Å²) < 4.78 is 42.9. The molecule has 7 nitrogen and oxygen atoms in total. The van der Waals surface area contributed by atoms with Gasteiger partial charge in [-0.2, -0.15) is 13.2 Å².